The van der Waals surface area contributed by atoms with E-state index in [1.807, 2.05) is 26.0 Å². The number of anilines is 1. The highest BCUT2D eigenvalue weighted by Crippen LogP contribution is 2.45. The van der Waals surface area contributed by atoms with E-state index < -0.39 is 23.5 Å². The van der Waals surface area contributed by atoms with Crippen molar-refractivity contribution in [2.24, 2.45) is 0 Å². The second-order valence-electron chi connectivity index (χ2n) is 7.98. The fraction of sp³-hybridized carbons (Fsp3) is 0.115. The third-order valence-electron chi connectivity index (χ3n) is 5.72. The SMILES string of the molecule is Cc1cc(C)c2nc(N3C(=O)C(=O)C(=C(O)c4ccccc4)C3c3ccccc3F)sc2c1. The molecule has 3 aromatic carbocycles. The molecule has 0 spiro atoms. The van der Waals surface area contributed by atoms with Crippen LogP contribution in [0.3, 0.4) is 0 Å². The number of aryl methyl sites for hydroxylation is 2. The van der Waals surface area contributed by atoms with Crippen molar-refractivity contribution in [3.8, 4) is 0 Å². The lowest BCUT2D eigenvalue weighted by Crippen LogP contribution is -2.29. The highest BCUT2D eigenvalue weighted by molar-refractivity contribution is 7.22. The predicted molar refractivity (Wildman–Crippen MR) is 127 cm³/mol. The zero-order valence-corrected chi connectivity index (χ0v) is 18.7. The highest BCUT2D eigenvalue weighted by Gasteiger charge is 2.49. The highest BCUT2D eigenvalue weighted by atomic mass is 32.1. The first-order valence-corrected chi connectivity index (χ1v) is 11.2. The molecule has 5 rings (SSSR count). The van der Waals surface area contributed by atoms with Crippen LogP contribution in [0, 0.1) is 19.7 Å². The molecule has 4 aromatic rings. The molecule has 1 atom stereocenters. The van der Waals surface area contributed by atoms with Gasteiger partial charge in [0, 0.05) is 11.1 Å². The molecule has 1 aromatic heterocycles. The second kappa shape index (κ2) is 7.94. The standard InChI is InChI=1S/C26H19FN2O3S/c1-14-12-15(2)21-19(13-14)33-26(28-21)29-22(17-10-6-7-11-18(17)27)20(24(31)25(29)32)23(30)16-8-4-3-5-9-16/h3-13,22,30H,1-2H3. The Balaban J connectivity index is 1.77. The largest absolute Gasteiger partial charge is 0.507 e. The number of benzene rings is 3. The van der Waals surface area contributed by atoms with Crippen LogP contribution in [0.15, 0.2) is 72.3 Å². The maximum atomic E-state index is 15.0. The number of carbonyl (C=O) groups excluding carboxylic acids is 2. The molecular weight excluding hydrogens is 439 g/mol. The summed E-state index contributed by atoms with van der Waals surface area (Å²) in [4.78, 5) is 32.3. The summed E-state index contributed by atoms with van der Waals surface area (Å²) in [5.74, 6) is -2.66. The third kappa shape index (κ3) is 3.41. The van der Waals surface area contributed by atoms with Crippen molar-refractivity contribution >= 4 is 44.1 Å². The van der Waals surface area contributed by atoms with Crippen molar-refractivity contribution in [3.05, 3.63) is 100 Å². The molecule has 1 fully saturated rings. The molecule has 1 unspecified atom stereocenters. The Morgan fingerprint density at radius 2 is 1.73 bits per heavy atom. The summed E-state index contributed by atoms with van der Waals surface area (Å²) in [7, 11) is 0. The molecule has 7 heteroatoms. The average molecular weight is 459 g/mol. The minimum atomic E-state index is -1.15. The van der Waals surface area contributed by atoms with Crippen LogP contribution >= 0.6 is 11.3 Å². The fourth-order valence-corrected chi connectivity index (χ4v) is 5.40. The number of Topliss-reactive ketones (excluding diaryl/α,β-unsaturated/α-hetero) is 1. The van der Waals surface area contributed by atoms with Crippen LogP contribution in [0.5, 0.6) is 0 Å². The van der Waals surface area contributed by atoms with E-state index in [-0.39, 0.29) is 22.0 Å². The monoisotopic (exact) mass is 458 g/mol. The van der Waals surface area contributed by atoms with Gasteiger partial charge < -0.3 is 5.11 Å². The minimum absolute atomic E-state index is 0.112. The molecule has 0 bridgehead atoms. The van der Waals surface area contributed by atoms with Crippen LogP contribution in [0.2, 0.25) is 0 Å². The molecule has 0 saturated carbocycles. The molecule has 33 heavy (non-hydrogen) atoms. The number of hydrogen-bond acceptors (Lipinski definition) is 5. The summed E-state index contributed by atoms with van der Waals surface area (Å²) in [6, 6.07) is 17.2. The number of halogens is 1. The van der Waals surface area contributed by atoms with Crippen molar-refractivity contribution in [1.82, 2.24) is 4.98 Å². The van der Waals surface area contributed by atoms with Gasteiger partial charge in [0.2, 0.25) is 0 Å². The van der Waals surface area contributed by atoms with E-state index in [1.54, 1.807) is 36.4 Å². The summed E-state index contributed by atoms with van der Waals surface area (Å²) in [5.41, 5.74) is 3.03. The Kier molecular flexibility index (Phi) is 5.06. The number of aliphatic hydroxyl groups is 1. The number of aliphatic hydroxyl groups excluding tert-OH is 1. The Bertz CT molecular complexity index is 1460. The van der Waals surface area contributed by atoms with E-state index in [4.69, 9.17) is 0 Å². The summed E-state index contributed by atoms with van der Waals surface area (Å²) < 4.78 is 15.8. The number of nitrogens with zero attached hydrogens (tertiary/aromatic N) is 2. The zero-order valence-electron chi connectivity index (χ0n) is 17.9. The quantitative estimate of drug-likeness (QED) is 0.244. The van der Waals surface area contributed by atoms with Crippen LogP contribution in [-0.2, 0) is 9.59 Å². The normalized spacial score (nSPS) is 17.8. The number of aromatic nitrogens is 1. The van der Waals surface area contributed by atoms with E-state index in [2.05, 4.69) is 4.98 Å². The van der Waals surface area contributed by atoms with Gasteiger partial charge in [-0.2, -0.15) is 0 Å². The molecule has 2 heterocycles. The van der Waals surface area contributed by atoms with Gasteiger partial charge in [0.15, 0.2) is 5.13 Å². The van der Waals surface area contributed by atoms with Crippen molar-refractivity contribution in [3.63, 3.8) is 0 Å². The number of fused-ring (bicyclic) bond motifs is 1. The third-order valence-corrected chi connectivity index (χ3v) is 6.72. The van der Waals surface area contributed by atoms with Crippen LogP contribution in [0.25, 0.3) is 16.0 Å². The first-order chi connectivity index (χ1) is 15.9. The molecule has 1 amide bonds. The van der Waals surface area contributed by atoms with Gasteiger partial charge in [-0.25, -0.2) is 9.37 Å². The molecule has 1 N–H and O–H groups in total. The van der Waals surface area contributed by atoms with Gasteiger partial charge in [0.25, 0.3) is 5.78 Å². The van der Waals surface area contributed by atoms with Crippen LogP contribution in [0.1, 0.15) is 28.3 Å². The van der Waals surface area contributed by atoms with Gasteiger partial charge in [0.1, 0.15) is 17.6 Å². The van der Waals surface area contributed by atoms with Crippen LogP contribution in [0.4, 0.5) is 9.52 Å². The van der Waals surface area contributed by atoms with E-state index >= 15 is 0 Å². The van der Waals surface area contributed by atoms with Crippen molar-refractivity contribution in [2.75, 3.05) is 4.90 Å². The Labute approximate surface area is 193 Å². The van der Waals surface area contributed by atoms with Crippen molar-refractivity contribution < 1.29 is 19.1 Å². The number of amides is 1. The smallest absolute Gasteiger partial charge is 0.301 e. The molecule has 5 nitrogen and oxygen atoms in total. The van der Waals surface area contributed by atoms with Gasteiger partial charge in [-0.05, 0) is 37.1 Å². The number of ketones is 1. The summed E-state index contributed by atoms with van der Waals surface area (Å²) >= 11 is 1.26. The summed E-state index contributed by atoms with van der Waals surface area (Å²) in [6.45, 7) is 3.90. The van der Waals surface area contributed by atoms with Gasteiger partial charge in [-0.1, -0.05) is 65.9 Å². The Hall–Kier alpha value is -3.84. The Morgan fingerprint density at radius 3 is 2.45 bits per heavy atom. The average Bonchev–Trinajstić information content (AvgIpc) is 3.33. The van der Waals surface area contributed by atoms with E-state index in [0.29, 0.717) is 5.56 Å². The first-order valence-electron chi connectivity index (χ1n) is 10.4. The number of carbonyl (C=O) groups is 2. The Morgan fingerprint density at radius 1 is 1.03 bits per heavy atom. The molecule has 164 valence electrons. The number of rotatable bonds is 3. The molecule has 1 saturated heterocycles. The topological polar surface area (TPSA) is 70.5 Å². The first kappa shape index (κ1) is 21.0. The molecule has 1 aliphatic heterocycles. The van der Waals surface area contributed by atoms with Crippen LogP contribution in [-0.4, -0.2) is 21.8 Å². The lowest BCUT2D eigenvalue weighted by atomic mass is 9.95. The predicted octanol–water partition coefficient (Wildman–Crippen LogP) is 5.68. The maximum Gasteiger partial charge on any atom is 0.301 e. The summed E-state index contributed by atoms with van der Waals surface area (Å²) in [5, 5.41) is 11.3. The second-order valence-corrected chi connectivity index (χ2v) is 8.99. The zero-order chi connectivity index (χ0) is 23.3. The van der Waals surface area contributed by atoms with Gasteiger partial charge in [-0.15, -0.1) is 0 Å². The molecular formula is C26H19FN2O3S. The molecule has 0 radical (unpaired) electrons. The number of thiazole rings is 1. The fourth-order valence-electron chi connectivity index (χ4n) is 4.23. The molecule has 1 aliphatic rings. The van der Waals surface area contributed by atoms with Gasteiger partial charge in [0.05, 0.1) is 15.8 Å². The van der Waals surface area contributed by atoms with E-state index in [9.17, 15) is 19.1 Å². The lowest BCUT2D eigenvalue weighted by molar-refractivity contribution is -0.132. The number of hydrogen-bond donors (Lipinski definition) is 1. The van der Waals surface area contributed by atoms with Crippen LogP contribution < -0.4 is 4.90 Å². The van der Waals surface area contributed by atoms with E-state index in [0.717, 1.165) is 21.3 Å². The van der Waals surface area contributed by atoms with Gasteiger partial charge >= 0.3 is 5.91 Å². The van der Waals surface area contributed by atoms with E-state index in [1.165, 1.54) is 34.4 Å². The van der Waals surface area contributed by atoms with Gasteiger partial charge in [-0.3, -0.25) is 14.5 Å². The minimum Gasteiger partial charge on any atom is -0.507 e. The van der Waals surface area contributed by atoms with Crippen molar-refractivity contribution in [2.45, 2.75) is 19.9 Å². The lowest BCUT2D eigenvalue weighted by Gasteiger charge is -2.23. The summed E-state index contributed by atoms with van der Waals surface area (Å²) in [6.07, 6.45) is 0. The molecule has 0 aliphatic carbocycles. The van der Waals surface area contributed by atoms with Crippen molar-refractivity contribution in [1.29, 1.82) is 0 Å². The maximum absolute atomic E-state index is 15.0.